The highest BCUT2D eigenvalue weighted by Gasteiger charge is 2.39. The van der Waals surface area contributed by atoms with Crippen molar-refractivity contribution in [2.75, 3.05) is 18.4 Å². The zero-order valence-electron chi connectivity index (χ0n) is 14.4. The van der Waals surface area contributed by atoms with Gasteiger partial charge < -0.3 is 5.32 Å². The number of nitrogens with zero attached hydrogens (tertiary/aromatic N) is 3. The van der Waals surface area contributed by atoms with Crippen LogP contribution in [0.3, 0.4) is 0 Å². The summed E-state index contributed by atoms with van der Waals surface area (Å²) in [6.07, 6.45) is 2.60. The Morgan fingerprint density at radius 3 is 2.64 bits per heavy atom. The van der Waals surface area contributed by atoms with Gasteiger partial charge in [-0.1, -0.05) is 18.2 Å². The van der Waals surface area contributed by atoms with Crippen LogP contribution < -0.4 is 5.32 Å². The van der Waals surface area contributed by atoms with Crippen molar-refractivity contribution in [2.45, 2.75) is 31.8 Å². The van der Waals surface area contributed by atoms with Gasteiger partial charge in [-0.2, -0.15) is 0 Å². The van der Waals surface area contributed by atoms with Crippen LogP contribution in [0.4, 0.5) is 5.82 Å². The number of piperidine rings is 3. The Hall–Kier alpha value is -1.98. The molecule has 0 saturated carbocycles. The molecule has 3 aliphatic rings. The SMILES string of the molecule is C[C@@H]1[C@@H](Nc2ccc(-c3cc4ccccc4s3)nn2)C2CCN1CC2. The van der Waals surface area contributed by atoms with Crippen molar-refractivity contribution in [3.05, 3.63) is 42.5 Å². The molecule has 2 bridgehead atoms. The van der Waals surface area contributed by atoms with Crippen LogP contribution in [0.15, 0.2) is 42.5 Å². The summed E-state index contributed by atoms with van der Waals surface area (Å²) in [6.45, 7) is 4.84. The first kappa shape index (κ1) is 15.3. The number of thiophene rings is 1. The predicted molar refractivity (Wildman–Crippen MR) is 104 cm³/mol. The van der Waals surface area contributed by atoms with Crippen LogP contribution in [0.5, 0.6) is 0 Å². The lowest BCUT2D eigenvalue weighted by molar-refractivity contribution is 0.0457. The first-order chi connectivity index (χ1) is 12.3. The largest absolute Gasteiger partial charge is 0.364 e. The minimum atomic E-state index is 0.493. The monoisotopic (exact) mass is 350 g/mol. The zero-order valence-corrected chi connectivity index (χ0v) is 15.2. The fourth-order valence-corrected chi connectivity index (χ4v) is 5.39. The van der Waals surface area contributed by atoms with Crippen molar-refractivity contribution >= 4 is 27.2 Å². The molecule has 0 spiro atoms. The number of hydrogen-bond donors (Lipinski definition) is 1. The summed E-state index contributed by atoms with van der Waals surface area (Å²) in [5, 5.41) is 13.9. The highest BCUT2D eigenvalue weighted by atomic mass is 32.1. The van der Waals surface area contributed by atoms with Gasteiger partial charge in [0, 0.05) is 16.8 Å². The maximum Gasteiger partial charge on any atom is 0.148 e. The second-order valence-corrected chi connectivity index (χ2v) is 8.32. The van der Waals surface area contributed by atoms with E-state index in [1.807, 2.05) is 0 Å². The molecule has 3 fully saturated rings. The number of benzene rings is 1. The molecular formula is C20H22N4S. The van der Waals surface area contributed by atoms with Gasteiger partial charge in [-0.25, -0.2) is 0 Å². The summed E-state index contributed by atoms with van der Waals surface area (Å²) in [5.41, 5.74) is 0.953. The third-order valence-corrected chi connectivity index (χ3v) is 6.97. The van der Waals surface area contributed by atoms with E-state index in [4.69, 9.17) is 0 Å². The molecule has 1 aromatic carbocycles. The van der Waals surface area contributed by atoms with E-state index in [9.17, 15) is 0 Å². The second-order valence-electron chi connectivity index (χ2n) is 7.24. The van der Waals surface area contributed by atoms with Crippen LogP contribution >= 0.6 is 11.3 Å². The Morgan fingerprint density at radius 2 is 1.92 bits per heavy atom. The maximum atomic E-state index is 4.48. The fourth-order valence-electron chi connectivity index (χ4n) is 4.36. The number of hydrogen-bond acceptors (Lipinski definition) is 5. The van der Waals surface area contributed by atoms with Crippen molar-refractivity contribution in [1.29, 1.82) is 0 Å². The van der Waals surface area contributed by atoms with Gasteiger partial charge in [0.1, 0.15) is 11.5 Å². The van der Waals surface area contributed by atoms with Crippen LogP contribution in [0, 0.1) is 5.92 Å². The van der Waals surface area contributed by atoms with Gasteiger partial charge in [0.15, 0.2) is 0 Å². The molecule has 2 atom stereocenters. The Morgan fingerprint density at radius 1 is 1.08 bits per heavy atom. The van der Waals surface area contributed by atoms with Gasteiger partial charge in [-0.3, -0.25) is 4.90 Å². The molecule has 6 rings (SSSR count). The van der Waals surface area contributed by atoms with E-state index in [0.717, 1.165) is 17.4 Å². The summed E-state index contributed by atoms with van der Waals surface area (Å²) in [6, 6.07) is 15.9. The highest BCUT2D eigenvalue weighted by Crippen LogP contribution is 2.35. The van der Waals surface area contributed by atoms with Crippen LogP contribution in [-0.4, -0.2) is 40.3 Å². The topological polar surface area (TPSA) is 41.1 Å². The number of anilines is 1. The normalized spacial score (nSPS) is 28.4. The first-order valence-corrected chi connectivity index (χ1v) is 9.93. The molecule has 0 aliphatic carbocycles. The van der Waals surface area contributed by atoms with Gasteiger partial charge in [0.25, 0.3) is 0 Å². The van der Waals surface area contributed by atoms with Gasteiger partial charge in [-0.15, -0.1) is 21.5 Å². The Labute approximate surface area is 151 Å². The lowest BCUT2D eigenvalue weighted by atomic mass is 9.79. The van der Waals surface area contributed by atoms with E-state index in [1.165, 1.54) is 40.9 Å². The quantitative estimate of drug-likeness (QED) is 0.766. The number of nitrogens with one attached hydrogen (secondary N) is 1. The molecule has 5 heteroatoms. The van der Waals surface area contributed by atoms with E-state index in [0.29, 0.717) is 12.1 Å². The van der Waals surface area contributed by atoms with Crippen molar-refractivity contribution in [2.24, 2.45) is 5.92 Å². The van der Waals surface area contributed by atoms with Gasteiger partial charge in [-0.05, 0) is 68.4 Å². The minimum Gasteiger partial charge on any atom is -0.364 e. The van der Waals surface area contributed by atoms with Crippen molar-refractivity contribution in [1.82, 2.24) is 15.1 Å². The summed E-state index contributed by atoms with van der Waals surface area (Å²) in [7, 11) is 0. The average Bonchev–Trinajstić information content (AvgIpc) is 3.10. The van der Waals surface area contributed by atoms with Crippen LogP contribution in [-0.2, 0) is 0 Å². The van der Waals surface area contributed by atoms with E-state index >= 15 is 0 Å². The van der Waals surface area contributed by atoms with Gasteiger partial charge >= 0.3 is 0 Å². The standard InChI is InChI=1S/C20H22N4S/c1-13-20(14-8-10-24(13)11-9-14)21-19-7-6-16(22-23-19)18-12-15-4-2-3-5-17(15)25-18/h2-7,12-14,20H,8-11H2,1H3,(H,21,23)/t13-,20-/m1/s1. The van der Waals surface area contributed by atoms with E-state index in [-0.39, 0.29) is 0 Å². The van der Waals surface area contributed by atoms with Gasteiger partial charge in [0.2, 0.25) is 0 Å². The Bertz CT molecular complexity index is 845. The Kier molecular flexibility index (Phi) is 3.71. The molecule has 128 valence electrons. The van der Waals surface area contributed by atoms with Gasteiger partial charge in [0.05, 0.1) is 4.88 Å². The maximum absolute atomic E-state index is 4.48. The minimum absolute atomic E-state index is 0.493. The summed E-state index contributed by atoms with van der Waals surface area (Å²) < 4.78 is 1.29. The smallest absolute Gasteiger partial charge is 0.148 e. The molecule has 2 aromatic heterocycles. The first-order valence-electron chi connectivity index (χ1n) is 9.11. The number of rotatable bonds is 3. The molecule has 25 heavy (non-hydrogen) atoms. The van der Waals surface area contributed by atoms with Crippen molar-refractivity contribution < 1.29 is 0 Å². The number of fused-ring (bicyclic) bond motifs is 4. The zero-order chi connectivity index (χ0) is 16.8. The lowest BCUT2D eigenvalue weighted by Gasteiger charge is -2.50. The molecule has 0 unspecified atom stereocenters. The summed E-state index contributed by atoms with van der Waals surface area (Å²) >= 11 is 1.77. The molecule has 1 N–H and O–H groups in total. The number of aromatic nitrogens is 2. The third-order valence-electron chi connectivity index (χ3n) is 5.83. The Balaban J connectivity index is 1.36. The average molecular weight is 350 g/mol. The fraction of sp³-hybridized carbons (Fsp3) is 0.400. The molecule has 3 aliphatic heterocycles. The van der Waals surface area contributed by atoms with Crippen LogP contribution in [0.25, 0.3) is 20.7 Å². The molecule has 0 amide bonds. The second kappa shape index (κ2) is 6.07. The van der Waals surface area contributed by atoms with E-state index < -0.39 is 0 Å². The molecule has 3 aromatic rings. The predicted octanol–water partition coefficient (Wildman–Crippen LogP) is 4.25. The van der Waals surface area contributed by atoms with Crippen molar-refractivity contribution in [3.63, 3.8) is 0 Å². The summed E-state index contributed by atoms with van der Waals surface area (Å²) in [4.78, 5) is 3.77. The molecule has 4 nitrogen and oxygen atoms in total. The van der Waals surface area contributed by atoms with Crippen LogP contribution in [0.2, 0.25) is 0 Å². The molecular weight excluding hydrogens is 328 g/mol. The van der Waals surface area contributed by atoms with E-state index in [2.05, 4.69) is 69.8 Å². The lowest BCUT2D eigenvalue weighted by Crippen LogP contribution is -2.59. The molecule has 5 heterocycles. The summed E-state index contributed by atoms with van der Waals surface area (Å²) in [5.74, 6) is 1.67. The molecule has 3 saturated heterocycles. The molecule has 0 radical (unpaired) electrons. The van der Waals surface area contributed by atoms with E-state index in [1.54, 1.807) is 11.3 Å². The third kappa shape index (κ3) is 2.71. The van der Waals surface area contributed by atoms with Crippen molar-refractivity contribution in [3.8, 4) is 10.6 Å². The highest BCUT2D eigenvalue weighted by molar-refractivity contribution is 7.22. The van der Waals surface area contributed by atoms with Crippen LogP contribution in [0.1, 0.15) is 19.8 Å².